The Morgan fingerprint density at radius 1 is 1.33 bits per heavy atom. The van der Waals surface area contributed by atoms with E-state index in [1.807, 2.05) is 0 Å². The van der Waals surface area contributed by atoms with Crippen LogP contribution in [0.4, 0.5) is 0 Å². The maximum Gasteiger partial charge on any atom is 0.220 e. The summed E-state index contributed by atoms with van der Waals surface area (Å²) in [5, 5.41) is 6.25. The molecular formula is C12H24N2O. The fourth-order valence-corrected chi connectivity index (χ4v) is 1.74. The van der Waals surface area contributed by atoms with Crippen molar-refractivity contribution < 1.29 is 4.79 Å². The molecule has 1 aliphatic rings. The number of rotatable bonds is 6. The molecule has 1 rings (SSSR count). The third-order valence-corrected chi connectivity index (χ3v) is 2.92. The Balaban J connectivity index is 2.07. The highest BCUT2D eigenvalue weighted by Gasteiger charge is 2.20. The maximum atomic E-state index is 11.6. The minimum atomic E-state index is 0.220. The van der Waals surface area contributed by atoms with E-state index < -0.39 is 0 Å². The minimum Gasteiger partial charge on any atom is -0.354 e. The lowest BCUT2D eigenvalue weighted by Crippen LogP contribution is -2.45. The Hall–Kier alpha value is -0.570. The normalized spacial score (nSPS) is 18.7. The van der Waals surface area contributed by atoms with Crippen LogP contribution < -0.4 is 10.6 Å². The van der Waals surface area contributed by atoms with Crippen LogP contribution in [0.1, 0.15) is 40.0 Å². The minimum absolute atomic E-state index is 0.220. The number of carbonyl (C=O) groups is 1. The molecular weight excluding hydrogens is 188 g/mol. The van der Waals surface area contributed by atoms with Crippen molar-refractivity contribution in [3.05, 3.63) is 0 Å². The summed E-state index contributed by atoms with van der Waals surface area (Å²) in [6.07, 6.45) is 2.97. The average Bonchev–Trinajstić information content (AvgIpc) is 2.08. The molecule has 15 heavy (non-hydrogen) atoms. The molecule has 1 aliphatic heterocycles. The Labute approximate surface area is 93.0 Å². The molecule has 2 N–H and O–H groups in total. The van der Waals surface area contributed by atoms with Gasteiger partial charge in [0.2, 0.25) is 5.91 Å². The van der Waals surface area contributed by atoms with Crippen LogP contribution in [-0.2, 0) is 4.79 Å². The van der Waals surface area contributed by atoms with Gasteiger partial charge in [0.05, 0.1) is 0 Å². The van der Waals surface area contributed by atoms with E-state index in [4.69, 9.17) is 0 Å². The van der Waals surface area contributed by atoms with Gasteiger partial charge in [-0.3, -0.25) is 4.79 Å². The van der Waals surface area contributed by atoms with Gasteiger partial charge >= 0.3 is 0 Å². The second-order valence-corrected chi connectivity index (χ2v) is 5.17. The van der Waals surface area contributed by atoms with Crippen LogP contribution in [-0.4, -0.2) is 25.0 Å². The van der Waals surface area contributed by atoms with Gasteiger partial charge in [-0.1, -0.05) is 13.8 Å². The molecule has 0 radical (unpaired) electrons. The van der Waals surface area contributed by atoms with Crippen molar-refractivity contribution in [2.24, 2.45) is 11.8 Å². The number of hydrogen-bond donors (Lipinski definition) is 2. The topological polar surface area (TPSA) is 41.1 Å². The molecule has 3 heteroatoms. The highest BCUT2D eigenvalue weighted by Crippen LogP contribution is 2.09. The molecule has 0 aromatic carbocycles. The van der Waals surface area contributed by atoms with Crippen LogP contribution in [0.3, 0.4) is 0 Å². The molecule has 0 aromatic rings. The van der Waals surface area contributed by atoms with Crippen LogP contribution in [0, 0.1) is 11.8 Å². The monoisotopic (exact) mass is 212 g/mol. The lowest BCUT2D eigenvalue weighted by Gasteiger charge is -2.27. The Morgan fingerprint density at radius 2 is 2.00 bits per heavy atom. The Bertz CT molecular complexity index is 200. The fourth-order valence-electron chi connectivity index (χ4n) is 1.74. The lowest BCUT2D eigenvalue weighted by atomic mass is 9.98. The predicted octanol–water partition coefficient (Wildman–Crippen LogP) is 1.54. The molecule has 1 heterocycles. The molecule has 0 spiro atoms. The van der Waals surface area contributed by atoms with Crippen LogP contribution in [0.15, 0.2) is 0 Å². The largest absolute Gasteiger partial charge is 0.354 e. The van der Waals surface area contributed by atoms with Gasteiger partial charge in [-0.25, -0.2) is 0 Å². The van der Waals surface area contributed by atoms with Crippen molar-refractivity contribution in [1.82, 2.24) is 10.6 Å². The van der Waals surface area contributed by atoms with Crippen LogP contribution in [0.5, 0.6) is 0 Å². The molecule has 0 aliphatic carbocycles. The van der Waals surface area contributed by atoms with Crippen molar-refractivity contribution in [2.45, 2.75) is 46.1 Å². The number of hydrogen-bond acceptors (Lipinski definition) is 2. The average molecular weight is 212 g/mol. The number of carbonyl (C=O) groups excluding carboxylic acids is 1. The zero-order chi connectivity index (χ0) is 11.3. The van der Waals surface area contributed by atoms with Gasteiger partial charge < -0.3 is 10.6 Å². The van der Waals surface area contributed by atoms with Crippen LogP contribution >= 0.6 is 0 Å². The number of amides is 1. The molecule has 88 valence electrons. The summed E-state index contributed by atoms with van der Waals surface area (Å²) in [6.45, 7) is 8.55. The number of nitrogens with one attached hydrogen (secondary N) is 2. The van der Waals surface area contributed by atoms with E-state index in [1.165, 1.54) is 6.42 Å². The van der Waals surface area contributed by atoms with Gasteiger partial charge in [-0.15, -0.1) is 0 Å². The summed E-state index contributed by atoms with van der Waals surface area (Å²) in [5.41, 5.74) is 0. The van der Waals surface area contributed by atoms with E-state index in [0.717, 1.165) is 25.4 Å². The zero-order valence-electron chi connectivity index (χ0n) is 10.2. The van der Waals surface area contributed by atoms with E-state index in [-0.39, 0.29) is 5.91 Å². The smallest absolute Gasteiger partial charge is 0.220 e. The predicted molar refractivity (Wildman–Crippen MR) is 62.7 cm³/mol. The molecule has 0 aromatic heterocycles. The molecule has 1 amide bonds. The van der Waals surface area contributed by atoms with Gasteiger partial charge in [0.25, 0.3) is 0 Å². The van der Waals surface area contributed by atoms with Crippen molar-refractivity contribution in [1.29, 1.82) is 0 Å². The van der Waals surface area contributed by atoms with Gasteiger partial charge in [-0.2, -0.15) is 0 Å². The van der Waals surface area contributed by atoms with Crippen LogP contribution in [0.2, 0.25) is 0 Å². The third kappa shape index (κ3) is 5.17. The van der Waals surface area contributed by atoms with Crippen LogP contribution in [0.25, 0.3) is 0 Å². The molecule has 0 saturated carbocycles. The molecule has 1 unspecified atom stereocenters. The van der Waals surface area contributed by atoms with Crippen molar-refractivity contribution >= 4 is 5.91 Å². The maximum absolute atomic E-state index is 11.6. The van der Waals surface area contributed by atoms with Gasteiger partial charge in [0.15, 0.2) is 0 Å². The SMILES string of the molecule is CC(C)CCC(C)NC(=O)CC1CNC1. The summed E-state index contributed by atoms with van der Waals surface area (Å²) in [7, 11) is 0. The van der Waals surface area contributed by atoms with E-state index in [9.17, 15) is 4.79 Å². The van der Waals surface area contributed by atoms with E-state index in [0.29, 0.717) is 18.4 Å². The summed E-state index contributed by atoms with van der Waals surface area (Å²) in [6, 6.07) is 0.327. The van der Waals surface area contributed by atoms with E-state index >= 15 is 0 Å². The summed E-state index contributed by atoms with van der Waals surface area (Å²) < 4.78 is 0. The summed E-state index contributed by atoms with van der Waals surface area (Å²) in [5.74, 6) is 1.51. The fraction of sp³-hybridized carbons (Fsp3) is 0.917. The van der Waals surface area contributed by atoms with Gasteiger partial charge in [0, 0.05) is 12.5 Å². The second-order valence-electron chi connectivity index (χ2n) is 5.17. The van der Waals surface area contributed by atoms with Gasteiger partial charge in [-0.05, 0) is 44.7 Å². The van der Waals surface area contributed by atoms with Crippen molar-refractivity contribution in [2.75, 3.05) is 13.1 Å². The van der Waals surface area contributed by atoms with Crippen molar-refractivity contribution in [3.8, 4) is 0 Å². The molecule has 3 nitrogen and oxygen atoms in total. The highest BCUT2D eigenvalue weighted by molar-refractivity contribution is 5.76. The Morgan fingerprint density at radius 3 is 2.47 bits per heavy atom. The van der Waals surface area contributed by atoms with Crippen molar-refractivity contribution in [3.63, 3.8) is 0 Å². The van der Waals surface area contributed by atoms with Gasteiger partial charge in [0.1, 0.15) is 0 Å². The second kappa shape index (κ2) is 6.11. The first-order valence-electron chi connectivity index (χ1n) is 6.08. The third-order valence-electron chi connectivity index (χ3n) is 2.92. The first-order valence-corrected chi connectivity index (χ1v) is 6.08. The molecule has 1 atom stereocenters. The Kier molecular flexibility index (Phi) is 5.09. The molecule has 1 saturated heterocycles. The summed E-state index contributed by atoms with van der Waals surface area (Å²) in [4.78, 5) is 11.6. The van der Waals surface area contributed by atoms with E-state index in [2.05, 4.69) is 31.4 Å². The lowest BCUT2D eigenvalue weighted by molar-refractivity contribution is -0.123. The summed E-state index contributed by atoms with van der Waals surface area (Å²) >= 11 is 0. The highest BCUT2D eigenvalue weighted by atomic mass is 16.1. The first-order chi connectivity index (χ1) is 7.08. The quantitative estimate of drug-likeness (QED) is 0.701. The first kappa shape index (κ1) is 12.5. The molecule has 1 fully saturated rings. The zero-order valence-corrected chi connectivity index (χ0v) is 10.2. The van der Waals surface area contributed by atoms with E-state index in [1.54, 1.807) is 0 Å². The molecule has 0 bridgehead atoms. The standard InChI is InChI=1S/C12H24N2O/c1-9(2)4-5-10(3)14-12(15)6-11-7-13-8-11/h9-11,13H,4-8H2,1-3H3,(H,14,15).